The highest BCUT2D eigenvalue weighted by Gasteiger charge is 2.38. The standard InChI is InChI=1S/C31H27F2NO8S/c1-39-28-24(31(36)41-3)29(40-2)26(33)27(25(28)32)34(18-20-11-6-4-7-12-20)43(37,38)23-16-10-15-22(17-23)30(35)42-19-21-13-8-5-9-14-21/h4-17H,18-19H2,1-3H3. The van der Waals surface area contributed by atoms with Crippen molar-refractivity contribution in [3.63, 3.8) is 0 Å². The first-order chi connectivity index (χ1) is 20.6. The zero-order valence-electron chi connectivity index (χ0n) is 23.4. The monoisotopic (exact) mass is 611 g/mol. The summed E-state index contributed by atoms with van der Waals surface area (Å²) in [6, 6.07) is 21.8. The first kappa shape index (κ1) is 31.0. The molecule has 0 aliphatic carbocycles. The largest absolute Gasteiger partial charge is 0.493 e. The summed E-state index contributed by atoms with van der Waals surface area (Å²) in [6.45, 7) is -0.594. The Bertz CT molecular complexity index is 1700. The molecule has 4 aromatic carbocycles. The number of anilines is 1. The van der Waals surface area contributed by atoms with Crippen molar-refractivity contribution in [2.24, 2.45) is 0 Å². The van der Waals surface area contributed by atoms with Crippen molar-refractivity contribution in [2.45, 2.75) is 18.0 Å². The van der Waals surface area contributed by atoms with Crippen LogP contribution in [0.25, 0.3) is 0 Å². The maximum absolute atomic E-state index is 16.1. The Kier molecular flexibility index (Phi) is 9.61. The van der Waals surface area contributed by atoms with Gasteiger partial charge in [-0.3, -0.25) is 4.31 Å². The highest BCUT2D eigenvalue weighted by atomic mass is 32.2. The van der Waals surface area contributed by atoms with Gasteiger partial charge in [0.15, 0.2) is 23.1 Å². The van der Waals surface area contributed by atoms with Crippen LogP contribution >= 0.6 is 0 Å². The van der Waals surface area contributed by atoms with Crippen molar-refractivity contribution in [3.05, 3.63) is 119 Å². The summed E-state index contributed by atoms with van der Waals surface area (Å²) in [5.41, 5.74) is -0.779. The molecule has 0 bridgehead atoms. The van der Waals surface area contributed by atoms with Gasteiger partial charge in [-0.25, -0.2) is 26.8 Å². The summed E-state index contributed by atoms with van der Waals surface area (Å²) in [5, 5.41) is 0. The molecule has 43 heavy (non-hydrogen) atoms. The highest BCUT2D eigenvalue weighted by Crippen LogP contribution is 2.44. The lowest BCUT2D eigenvalue weighted by molar-refractivity contribution is 0.0471. The van der Waals surface area contributed by atoms with E-state index in [4.69, 9.17) is 14.2 Å². The van der Waals surface area contributed by atoms with Crippen LogP contribution in [0, 0.1) is 11.6 Å². The molecule has 0 radical (unpaired) electrons. The normalized spacial score (nSPS) is 11.0. The molecule has 0 spiro atoms. The lowest BCUT2D eigenvalue weighted by Gasteiger charge is -2.27. The molecule has 0 aliphatic rings. The van der Waals surface area contributed by atoms with Gasteiger partial charge in [0.1, 0.15) is 17.9 Å². The van der Waals surface area contributed by atoms with Crippen LogP contribution in [-0.2, 0) is 32.6 Å². The summed E-state index contributed by atoms with van der Waals surface area (Å²) in [5.74, 6) is -6.52. The van der Waals surface area contributed by atoms with Gasteiger partial charge in [0.05, 0.1) is 38.3 Å². The topological polar surface area (TPSA) is 108 Å². The molecule has 0 saturated carbocycles. The smallest absolute Gasteiger partial charge is 0.345 e. The van der Waals surface area contributed by atoms with Gasteiger partial charge >= 0.3 is 11.9 Å². The summed E-state index contributed by atoms with van der Waals surface area (Å²) in [7, 11) is -1.76. The quantitative estimate of drug-likeness (QED) is 0.204. The van der Waals surface area contributed by atoms with Gasteiger partial charge in [0.25, 0.3) is 10.0 Å². The van der Waals surface area contributed by atoms with Crippen LogP contribution in [0.3, 0.4) is 0 Å². The van der Waals surface area contributed by atoms with E-state index in [1.165, 1.54) is 18.2 Å². The van der Waals surface area contributed by atoms with E-state index in [1.54, 1.807) is 60.7 Å². The number of halogens is 2. The Balaban J connectivity index is 1.85. The maximum atomic E-state index is 16.1. The van der Waals surface area contributed by atoms with Gasteiger partial charge in [-0.15, -0.1) is 0 Å². The van der Waals surface area contributed by atoms with Crippen molar-refractivity contribution in [1.82, 2.24) is 0 Å². The number of hydrogen-bond donors (Lipinski definition) is 0. The van der Waals surface area contributed by atoms with Crippen molar-refractivity contribution < 1.29 is 45.7 Å². The van der Waals surface area contributed by atoms with Crippen LogP contribution in [-0.4, -0.2) is 41.7 Å². The fraction of sp³-hybridized carbons (Fsp3) is 0.161. The van der Waals surface area contributed by atoms with Crippen LogP contribution in [0.5, 0.6) is 11.5 Å². The van der Waals surface area contributed by atoms with Gasteiger partial charge in [-0.1, -0.05) is 66.7 Å². The minimum Gasteiger partial charge on any atom is -0.493 e. The molecule has 0 heterocycles. The molecule has 0 N–H and O–H groups in total. The lowest BCUT2D eigenvalue weighted by atomic mass is 10.1. The van der Waals surface area contributed by atoms with E-state index < -0.39 is 67.8 Å². The van der Waals surface area contributed by atoms with Gasteiger partial charge in [-0.2, -0.15) is 0 Å². The zero-order valence-corrected chi connectivity index (χ0v) is 24.2. The number of sulfonamides is 1. The van der Waals surface area contributed by atoms with E-state index in [2.05, 4.69) is 4.74 Å². The van der Waals surface area contributed by atoms with E-state index in [9.17, 15) is 18.0 Å². The molecule has 0 atom stereocenters. The minimum absolute atomic E-state index is 0.0562. The van der Waals surface area contributed by atoms with Crippen molar-refractivity contribution in [1.29, 1.82) is 0 Å². The number of carbonyl (C=O) groups is 2. The number of ether oxygens (including phenoxy) is 4. The number of rotatable bonds is 11. The van der Waals surface area contributed by atoms with E-state index in [-0.39, 0.29) is 12.2 Å². The van der Waals surface area contributed by atoms with E-state index in [0.717, 1.165) is 33.0 Å². The number of nitrogens with zero attached hydrogens (tertiary/aromatic N) is 1. The zero-order chi connectivity index (χ0) is 31.1. The molecule has 0 aromatic heterocycles. The summed E-state index contributed by atoms with van der Waals surface area (Å²) in [4.78, 5) is 24.8. The fourth-order valence-corrected chi connectivity index (χ4v) is 5.78. The summed E-state index contributed by atoms with van der Waals surface area (Å²) < 4.78 is 81.0. The molecule has 224 valence electrons. The van der Waals surface area contributed by atoms with Gasteiger partial charge in [0, 0.05) is 0 Å². The second-order valence-corrected chi connectivity index (χ2v) is 10.9. The van der Waals surface area contributed by atoms with Crippen LogP contribution in [0.2, 0.25) is 0 Å². The average Bonchev–Trinajstić information content (AvgIpc) is 3.03. The molecule has 9 nitrogen and oxygen atoms in total. The molecule has 4 aromatic rings. The molecule has 0 fully saturated rings. The third kappa shape index (κ3) is 6.44. The molecule has 0 amide bonds. The van der Waals surface area contributed by atoms with Crippen LogP contribution < -0.4 is 13.8 Å². The summed E-state index contributed by atoms with van der Waals surface area (Å²) in [6.07, 6.45) is 0. The van der Waals surface area contributed by atoms with E-state index in [1.807, 2.05) is 0 Å². The van der Waals surface area contributed by atoms with Crippen molar-refractivity contribution >= 4 is 27.6 Å². The van der Waals surface area contributed by atoms with Gasteiger partial charge < -0.3 is 18.9 Å². The number of methoxy groups -OCH3 is 3. The predicted molar refractivity (Wildman–Crippen MR) is 153 cm³/mol. The fourth-order valence-electron chi connectivity index (χ4n) is 4.27. The molecule has 12 heteroatoms. The number of hydrogen-bond acceptors (Lipinski definition) is 8. The molecular weight excluding hydrogens is 584 g/mol. The van der Waals surface area contributed by atoms with Crippen LogP contribution in [0.1, 0.15) is 31.8 Å². The SMILES string of the molecule is COC(=O)c1c(OC)c(F)c(N(Cc2ccccc2)S(=O)(=O)c2cccc(C(=O)OCc3ccccc3)c2)c(F)c1OC. The van der Waals surface area contributed by atoms with Crippen LogP contribution in [0.4, 0.5) is 14.5 Å². The Morgan fingerprint density at radius 1 is 0.744 bits per heavy atom. The summed E-state index contributed by atoms with van der Waals surface area (Å²) >= 11 is 0. The van der Waals surface area contributed by atoms with E-state index >= 15 is 8.78 Å². The lowest BCUT2D eigenvalue weighted by Crippen LogP contribution is -2.33. The van der Waals surface area contributed by atoms with Crippen molar-refractivity contribution in [2.75, 3.05) is 25.6 Å². The third-order valence-electron chi connectivity index (χ3n) is 6.36. The third-order valence-corrected chi connectivity index (χ3v) is 8.10. The average molecular weight is 612 g/mol. The molecule has 0 unspecified atom stereocenters. The molecular formula is C31H27F2NO8S. The molecule has 0 saturated heterocycles. The second kappa shape index (κ2) is 13.3. The number of carbonyl (C=O) groups excluding carboxylic acids is 2. The molecule has 4 rings (SSSR count). The van der Waals surface area contributed by atoms with Crippen molar-refractivity contribution in [3.8, 4) is 11.5 Å². The molecule has 0 aliphatic heterocycles. The Morgan fingerprint density at radius 3 is 1.84 bits per heavy atom. The first-order valence-corrected chi connectivity index (χ1v) is 14.2. The Morgan fingerprint density at radius 2 is 1.30 bits per heavy atom. The first-order valence-electron chi connectivity index (χ1n) is 12.7. The second-order valence-electron chi connectivity index (χ2n) is 9.00. The Hall–Kier alpha value is -4.97. The van der Waals surface area contributed by atoms with Crippen LogP contribution in [0.15, 0.2) is 89.8 Å². The number of esters is 2. The number of benzene rings is 4. The minimum atomic E-state index is -4.79. The van der Waals surface area contributed by atoms with Gasteiger partial charge in [0.2, 0.25) is 0 Å². The predicted octanol–water partition coefficient (Wildman–Crippen LogP) is 5.52. The maximum Gasteiger partial charge on any atom is 0.345 e. The van der Waals surface area contributed by atoms with Gasteiger partial charge in [-0.05, 0) is 29.3 Å². The highest BCUT2D eigenvalue weighted by molar-refractivity contribution is 7.92. The Labute approximate surface area is 247 Å². The van der Waals surface area contributed by atoms with E-state index in [0.29, 0.717) is 9.87 Å².